The van der Waals surface area contributed by atoms with Crippen LogP contribution in [0.2, 0.25) is 16.6 Å². The molecule has 0 aliphatic carbocycles. The minimum atomic E-state index is -1.75. The Morgan fingerprint density at radius 3 is 2.39 bits per heavy atom. The minimum absolute atomic E-state index is 0.594. The maximum atomic E-state index is 6.79. The van der Waals surface area contributed by atoms with Gasteiger partial charge in [-0.2, -0.15) is 10.1 Å². The summed E-state index contributed by atoms with van der Waals surface area (Å²) in [6, 6.07) is 0. The third-order valence-corrected chi connectivity index (χ3v) is 11.6. The number of hydrogen-bond acceptors (Lipinski definition) is 4. The van der Waals surface area contributed by atoms with Gasteiger partial charge in [0.1, 0.15) is 6.33 Å². The Labute approximate surface area is 142 Å². The lowest BCUT2D eigenvalue weighted by molar-refractivity contribution is 0.204. The van der Waals surface area contributed by atoms with E-state index in [1.54, 1.807) is 6.33 Å². The second-order valence-corrected chi connectivity index (χ2v) is 13.4. The molecule has 1 fully saturated rings. The van der Waals surface area contributed by atoms with Gasteiger partial charge in [0.15, 0.2) is 8.32 Å². The highest BCUT2D eigenvalue weighted by atomic mass is 28.4. The molecule has 0 bridgehead atoms. The molecule has 6 heteroatoms. The molecule has 0 saturated carbocycles. The summed E-state index contributed by atoms with van der Waals surface area (Å²) < 4.78 is 6.79. The summed E-state index contributed by atoms with van der Waals surface area (Å²) >= 11 is 0. The maximum Gasteiger partial charge on any atom is 0.221 e. The molecule has 23 heavy (non-hydrogen) atoms. The van der Waals surface area contributed by atoms with Crippen molar-refractivity contribution < 1.29 is 4.43 Å². The number of aromatic amines is 1. The first-order valence-corrected chi connectivity index (χ1v) is 11.3. The topological polar surface area (TPSA) is 54.0 Å². The maximum absolute atomic E-state index is 6.79. The molecule has 5 nitrogen and oxygen atoms in total. The molecule has 1 N–H and O–H groups in total. The molecule has 0 amide bonds. The first-order chi connectivity index (χ1) is 10.9. The minimum Gasteiger partial charge on any atom is -0.416 e. The number of nitrogens with zero attached hydrogens (tertiary/aromatic N) is 3. The van der Waals surface area contributed by atoms with E-state index in [2.05, 4.69) is 61.6 Å². The zero-order valence-electron chi connectivity index (χ0n) is 15.7. The molecule has 1 atom stereocenters. The van der Waals surface area contributed by atoms with E-state index in [0.717, 1.165) is 25.6 Å². The number of nitrogens with one attached hydrogen (secondary N) is 1. The lowest BCUT2D eigenvalue weighted by Crippen LogP contribution is -2.49. The summed E-state index contributed by atoms with van der Waals surface area (Å²) in [6.45, 7) is 17.1. The van der Waals surface area contributed by atoms with Crippen molar-refractivity contribution in [2.45, 2.75) is 71.0 Å². The Morgan fingerprint density at radius 2 is 1.87 bits per heavy atom. The van der Waals surface area contributed by atoms with Gasteiger partial charge in [-0.1, -0.05) is 41.5 Å². The molecule has 1 saturated heterocycles. The predicted octanol–water partition coefficient (Wildman–Crippen LogP) is 4.21. The number of anilines is 1. The van der Waals surface area contributed by atoms with Crippen molar-refractivity contribution in [2.24, 2.45) is 5.92 Å². The number of aromatic nitrogens is 3. The van der Waals surface area contributed by atoms with Crippen molar-refractivity contribution in [1.29, 1.82) is 0 Å². The molecule has 1 aliphatic rings. The van der Waals surface area contributed by atoms with Crippen LogP contribution in [0.15, 0.2) is 6.33 Å². The standard InChI is InChI=1S/C17H34N4OSi/c1-13(2)23(14(3)4,15(5)6)22-11-16-8-7-9-21(10-16)17-18-12-19-20-17/h12-16H,7-11H2,1-6H3,(H,18,19,20)/t16-/m1/s1. The van der Waals surface area contributed by atoms with Crippen LogP contribution in [0.4, 0.5) is 5.95 Å². The van der Waals surface area contributed by atoms with Crippen molar-refractivity contribution in [3.05, 3.63) is 6.33 Å². The number of piperidine rings is 1. The molecule has 2 heterocycles. The molecule has 1 aromatic heterocycles. The Bertz CT molecular complexity index is 439. The summed E-state index contributed by atoms with van der Waals surface area (Å²) in [7, 11) is -1.75. The molecule has 1 aromatic rings. The Kier molecular flexibility index (Phi) is 6.25. The van der Waals surface area contributed by atoms with Crippen LogP contribution in [0.3, 0.4) is 0 Å². The zero-order valence-corrected chi connectivity index (χ0v) is 16.7. The van der Waals surface area contributed by atoms with Crippen LogP contribution in [0, 0.1) is 5.92 Å². The zero-order chi connectivity index (χ0) is 17.0. The summed E-state index contributed by atoms with van der Waals surface area (Å²) in [5.74, 6) is 1.49. The lowest BCUT2D eigenvalue weighted by atomic mass is 9.99. The van der Waals surface area contributed by atoms with Gasteiger partial charge < -0.3 is 9.33 Å². The second kappa shape index (κ2) is 7.79. The Morgan fingerprint density at radius 1 is 1.22 bits per heavy atom. The van der Waals surface area contributed by atoms with Gasteiger partial charge in [0.2, 0.25) is 5.95 Å². The highest BCUT2D eigenvalue weighted by molar-refractivity contribution is 6.77. The fourth-order valence-electron chi connectivity index (χ4n) is 4.51. The van der Waals surface area contributed by atoms with Crippen molar-refractivity contribution >= 4 is 14.3 Å². The molecule has 0 aromatic carbocycles. The number of rotatable bonds is 7. The van der Waals surface area contributed by atoms with Crippen molar-refractivity contribution in [3.8, 4) is 0 Å². The molecule has 1 aliphatic heterocycles. The summed E-state index contributed by atoms with van der Waals surface area (Å²) in [5, 5.41) is 6.96. The Hall–Kier alpha value is -0.883. The highest BCUT2D eigenvalue weighted by Gasteiger charge is 2.45. The Balaban J connectivity index is 2.00. The van der Waals surface area contributed by atoms with Gasteiger partial charge in [-0.15, -0.1) is 0 Å². The lowest BCUT2D eigenvalue weighted by Gasteiger charge is -2.44. The summed E-state index contributed by atoms with van der Waals surface area (Å²) in [4.78, 5) is 6.61. The molecule has 2 rings (SSSR count). The van der Waals surface area contributed by atoms with E-state index in [4.69, 9.17) is 4.43 Å². The fourth-order valence-corrected chi connectivity index (χ4v) is 10.0. The first kappa shape index (κ1) is 18.5. The van der Waals surface area contributed by atoms with E-state index in [-0.39, 0.29) is 0 Å². The van der Waals surface area contributed by atoms with Crippen molar-refractivity contribution in [3.63, 3.8) is 0 Å². The van der Waals surface area contributed by atoms with Crippen LogP contribution in [-0.4, -0.2) is 43.2 Å². The summed E-state index contributed by atoms with van der Waals surface area (Å²) in [6.07, 6.45) is 4.04. The highest BCUT2D eigenvalue weighted by Crippen LogP contribution is 2.42. The predicted molar refractivity (Wildman–Crippen MR) is 98.3 cm³/mol. The van der Waals surface area contributed by atoms with Crippen LogP contribution in [0.1, 0.15) is 54.4 Å². The van der Waals surface area contributed by atoms with Crippen molar-refractivity contribution in [2.75, 3.05) is 24.6 Å². The second-order valence-electron chi connectivity index (χ2n) is 7.89. The monoisotopic (exact) mass is 338 g/mol. The van der Waals surface area contributed by atoms with Crippen LogP contribution in [0.25, 0.3) is 0 Å². The molecule has 0 spiro atoms. The fraction of sp³-hybridized carbons (Fsp3) is 0.882. The van der Waals surface area contributed by atoms with Gasteiger partial charge in [0.05, 0.1) is 0 Å². The van der Waals surface area contributed by atoms with E-state index in [9.17, 15) is 0 Å². The van der Waals surface area contributed by atoms with Crippen LogP contribution in [0.5, 0.6) is 0 Å². The average Bonchev–Trinajstić information content (AvgIpc) is 3.01. The smallest absolute Gasteiger partial charge is 0.221 e. The van der Waals surface area contributed by atoms with E-state index in [1.165, 1.54) is 12.8 Å². The molecular weight excluding hydrogens is 304 g/mol. The van der Waals surface area contributed by atoms with E-state index < -0.39 is 8.32 Å². The van der Waals surface area contributed by atoms with E-state index in [0.29, 0.717) is 22.5 Å². The van der Waals surface area contributed by atoms with E-state index >= 15 is 0 Å². The average molecular weight is 339 g/mol. The van der Waals surface area contributed by atoms with Gasteiger partial charge in [-0.25, -0.2) is 5.10 Å². The van der Waals surface area contributed by atoms with Crippen molar-refractivity contribution in [1.82, 2.24) is 15.2 Å². The van der Waals surface area contributed by atoms with Crippen LogP contribution < -0.4 is 4.90 Å². The summed E-state index contributed by atoms with van der Waals surface area (Å²) in [5.41, 5.74) is 1.95. The third kappa shape index (κ3) is 3.97. The quantitative estimate of drug-likeness (QED) is 0.757. The largest absolute Gasteiger partial charge is 0.416 e. The molecular formula is C17H34N4OSi. The molecule has 132 valence electrons. The third-order valence-electron chi connectivity index (χ3n) is 5.50. The van der Waals surface area contributed by atoms with Gasteiger partial charge in [0, 0.05) is 19.7 Å². The van der Waals surface area contributed by atoms with Gasteiger partial charge in [-0.05, 0) is 35.4 Å². The first-order valence-electron chi connectivity index (χ1n) is 9.12. The van der Waals surface area contributed by atoms with Crippen LogP contribution in [-0.2, 0) is 4.43 Å². The van der Waals surface area contributed by atoms with Gasteiger partial charge in [0.25, 0.3) is 0 Å². The van der Waals surface area contributed by atoms with Crippen LogP contribution >= 0.6 is 0 Å². The van der Waals surface area contributed by atoms with Gasteiger partial charge >= 0.3 is 0 Å². The number of H-pyrrole nitrogens is 1. The normalized spacial score (nSPS) is 20.0. The van der Waals surface area contributed by atoms with E-state index in [1.807, 2.05) is 0 Å². The molecule has 0 radical (unpaired) electrons. The number of hydrogen-bond donors (Lipinski definition) is 1. The SMILES string of the molecule is CC(C)[Si](OC[C@@H]1CCCN(c2ncn[nH]2)C1)(C(C)C)C(C)C. The van der Waals surface area contributed by atoms with Gasteiger partial charge in [-0.3, -0.25) is 0 Å². The molecule has 0 unspecified atom stereocenters.